The van der Waals surface area contributed by atoms with Gasteiger partial charge in [0.15, 0.2) is 17.1 Å². The summed E-state index contributed by atoms with van der Waals surface area (Å²) in [6.07, 6.45) is -6.03. The number of carbonyl (C=O) groups is 3. The smallest absolute Gasteiger partial charge is 0.436 e. The van der Waals surface area contributed by atoms with Crippen molar-refractivity contribution in [2.45, 2.75) is 110 Å². The standard InChI is InChI=1S/C27H46ClFN6O6/c1-23(2,3)27(28)34(24(4,5)6)18(30-15-26(10,16-30)31-13-11-12-14-31)17(29)19(35(27)25(7,8)9)32(20(36)37)33(21(38)39)22(40)41/h19H,11-16H2,1-10H3,(H,36,37)(H,38,39)(H,40,41). The molecule has 0 bridgehead atoms. The third kappa shape index (κ3) is 5.40. The highest BCUT2D eigenvalue weighted by molar-refractivity contribution is 6.24. The minimum Gasteiger partial charge on any atom is -0.464 e. The molecule has 3 heterocycles. The lowest BCUT2D eigenvalue weighted by Crippen LogP contribution is -2.81. The first-order valence-electron chi connectivity index (χ1n) is 13.9. The van der Waals surface area contributed by atoms with E-state index in [4.69, 9.17) is 11.6 Å². The van der Waals surface area contributed by atoms with Crippen molar-refractivity contribution in [2.75, 3.05) is 26.2 Å². The predicted octanol–water partition coefficient (Wildman–Crippen LogP) is 5.33. The van der Waals surface area contributed by atoms with Crippen LogP contribution in [0.15, 0.2) is 11.6 Å². The highest BCUT2D eigenvalue weighted by Gasteiger charge is 2.67. The van der Waals surface area contributed by atoms with Crippen LogP contribution >= 0.6 is 11.6 Å². The van der Waals surface area contributed by atoms with Gasteiger partial charge in [-0.05, 0) is 74.4 Å². The van der Waals surface area contributed by atoms with Gasteiger partial charge in [0.1, 0.15) is 5.82 Å². The first-order valence-corrected chi connectivity index (χ1v) is 14.3. The summed E-state index contributed by atoms with van der Waals surface area (Å²) in [5.74, 6) is -0.986. The summed E-state index contributed by atoms with van der Waals surface area (Å²) in [6.45, 7) is 21.0. The molecule has 0 aromatic heterocycles. The molecular formula is C27H46ClFN6O6. The average Bonchev–Trinajstić information content (AvgIpc) is 3.28. The van der Waals surface area contributed by atoms with Crippen molar-refractivity contribution < 1.29 is 34.1 Å². The molecule has 3 aliphatic heterocycles. The van der Waals surface area contributed by atoms with E-state index in [1.54, 1.807) is 30.6 Å². The van der Waals surface area contributed by atoms with Crippen LogP contribution in [0, 0.1) is 5.41 Å². The number of likely N-dealkylation sites (tertiary alicyclic amines) is 2. The number of hydrogen-bond acceptors (Lipinski definition) is 7. The van der Waals surface area contributed by atoms with Crippen LogP contribution in [0.2, 0.25) is 0 Å². The van der Waals surface area contributed by atoms with Gasteiger partial charge in [-0.2, -0.15) is 5.01 Å². The number of amides is 3. The van der Waals surface area contributed by atoms with Gasteiger partial charge in [0.2, 0.25) is 0 Å². The number of alkyl halides is 1. The third-order valence-corrected chi connectivity index (χ3v) is 9.02. The van der Waals surface area contributed by atoms with E-state index in [-0.39, 0.29) is 16.4 Å². The van der Waals surface area contributed by atoms with Crippen molar-refractivity contribution in [2.24, 2.45) is 5.41 Å². The van der Waals surface area contributed by atoms with Gasteiger partial charge in [-0.25, -0.2) is 23.7 Å². The van der Waals surface area contributed by atoms with Crippen molar-refractivity contribution in [3.63, 3.8) is 0 Å². The molecule has 14 heteroatoms. The van der Waals surface area contributed by atoms with Crippen LogP contribution in [-0.2, 0) is 0 Å². The summed E-state index contributed by atoms with van der Waals surface area (Å²) in [5.41, 5.74) is -3.07. The molecule has 2 atom stereocenters. The third-order valence-electron chi connectivity index (χ3n) is 8.10. The molecular weight excluding hydrogens is 559 g/mol. The SMILES string of the molecule is CC(C)(C)N1C(N2CC(C)(N3CCCC3)C2)=C(F)C(N(C(=O)O)N(C(=O)O)C(=O)O)N(C(C)(C)C)C1(Cl)C(C)(C)C. The maximum Gasteiger partial charge on any atom is 0.436 e. The van der Waals surface area contributed by atoms with Gasteiger partial charge in [-0.3, -0.25) is 4.90 Å². The highest BCUT2D eigenvalue weighted by atomic mass is 35.5. The Labute approximate surface area is 246 Å². The minimum absolute atomic E-state index is 0.00751. The van der Waals surface area contributed by atoms with E-state index >= 15 is 4.39 Å². The zero-order valence-corrected chi connectivity index (χ0v) is 26.6. The molecule has 0 aromatic carbocycles. The lowest BCUT2D eigenvalue weighted by atomic mass is 9.81. The molecule has 41 heavy (non-hydrogen) atoms. The summed E-state index contributed by atoms with van der Waals surface area (Å²) in [7, 11) is 0. The van der Waals surface area contributed by atoms with Gasteiger partial charge in [0.05, 0.1) is 5.54 Å². The van der Waals surface area contributed by atoms with Crippen LogP contribution in [0.4, 0.5) is 18.8 Å². The fourth-order valence-electron chi connectivity index (χ4n) is 6.47. The molecule has 3 rings (SSSR count). The maximum atomic E-state index is 17.4. The number of rotatable bonds is 3. The number of halogens is 2. The van der Waals surface area contributed by atoms with Crippen LogP contribution < -0.4 is 0 Å². The van der Waals surface area contributed by atoms with E-state index in [2.05, 4.69) is 11.8 Å². The topological polar surface area (TPSA) is 131 Å². The molecule has 2 saturated heterocycles. The molecule has 12 nitrogen and oxygen atoms in total. The Bertz CT molecular complexity index is 1090. The summed E-state index contributed by atoms with van der Waals surface area (Å²) >= 11 is 7.72. The van der Waals surface area contributed by atoms with Crippen LogP contribution in [0.25, 0.3) is 0 Å². The second-order valence-electron chi connectivity index (χ2n) is 14.5. The predicted molar refractivity (Wildman–Crippen MR) is 152 cm³/mol. The van der Waals surface area contributed by atoms with Crippen LogP contribution in [0.5, 0.6) is 0 Å². The van der Waals surface area contributed by atoms with E-state index in [9.17, 15) is 29.7 Å². The van der Waals surface area contributed by atoms with Crippen molar-refractivity contribution >= 4 is 29.9 Å². The van der Waals surface area contributed by atoms with E-state index in [0.717, 1.165) is 25.9 Å². The first kappa shape index (κ1) is 33.0. The van der Waals surface area contributed by atoms with Crippen LogP contribution in [0.1, 0.15) is 82.1 Å². The quantitative estimate of drug-likeness (QED) is 0.221. The monoisotopic (exact) mass is 604 g/mol. The highest BCUT2D eigenvalue weighted by Crippen LogP contribution is 2.57. The summed E-state index contributed by atoms with van der Waals surface area (Å²) in [4.78, 5) is 44.2. The Morgan fingerprint density at radius 3 is 1.68 bits per heavy atom. The summed E-state index contributed by atoms with van der Waals surface area (Å²) < 4.78 is 17.4. The molecule has 2 fully saturated rings. The zero-order chi connectivity index (χ0) is 31.7. The van der Waals surface area contributed by atoms with Gasteiger partial charge in [-0.15, -0.1) is 5.01 Å². The molecule has 0 aromatic rings. The Kier molecular flexibility index (Phi) is 8.32. The molecule has 3 aliphatic rings. The Hall–Kier alpha value is -2.51. The molecule has 3 N–H and O–H groups in total. The first-order chi connectivity index (χ1) is 18.4. The molecule has 2 unspecified atom stereocenters. The van der Waals surface area contributed by atoms with Gasteiger partial charge in [-0.1, -0.05) is 32.4 Å². The fourth-order valence-corrected chi connectivity index (χ4v) is 7.15. The van der Waals surface area contributed by atoms with E-state index in [1.165, 1.54) is 4.90 Å². The molecule has 3 amide bonds. The van der Waals surface area contributed by atoms with Gasteiger partial charge in [0.25, 0.3) is 0 Å². The Morgan fingerprint density at radius 2 is 1.34 bits per heavy atom. The summed E-state index contributed by atoms with van der Waals surface area (Å²) in [5, 5.41) is 27.8. The number of hydrazine groups is 1. The molecule has 0 saturated carbocycles. The van der Waals surface area contributed by atoms with E-state index < -0.39 is 56.9 Å². The van der Waals surface area contributed by atoms with Gasteiger partial charge < -0.3 is 25.1 Å². The number of nitrogens with zero attached hydrogens (tertiary/aromatic N) is 6. The number of imide groups is 1. The number of carboxylic acid groups (broad SMARTS) is 3. The van der Waals surface area contributed by atoms with E-state index in [0.29, 0.717) is 13.1 Å². The van der Waals surface area contributed by atoms with Gasteiger partial charge >= 0.3 is 18.3 Å². The maximum absolute atomic E-state index is 17.4. The lowest BCUT2D eigenvalue weighted by molar-refractivity contribution is -0.211. The average molecular weight is 605 g/mol. The number of hydrogen-bond donors (Lipinski definition) is 3. The largest absolute Gasteiger partial charge is 0.464 e. The molecule has 0 spiro atoms. The van der Waals surface area contributed by atoms with Crippen LogP contribution in [-0.4, -0.2) is 117 Å². The van der Waals surface area contributed by atoms with Crippen molar-refractivity contribution in [3.05, 3.63) is 11.6 Å². The van der Waals surface area contributed by atoms with Crippen molar-refractivity contribution in [1.29, 1.82) is 0 Å². The van der Waals surface area contributed by atoms with E-state index in [1.807, 2.05) is 41.5 Å². The van der Waals surface area contributed by atoms with Gasteiger partial charge in [0, 0.05) is 29.6 Å². The molecule has 0 aliphatic carbocycles. The Balaban J connectivity index is 2.41. The lowest BCUT2D eigenvalue weighted by Gasteiger charge is -2.69. The van der Waals surface area contributed by atoms with Crippen molar-refractivity contribution in [3.8, 4) is 0 Å². The second kappa shape index (κ2) is 10.3. The zero-order valence-electron chi connectivity index (χ0n) is 25.8. The molecule has 0 radical (unpaired) electrons. The summed E-state index contributed by atoms with van der Waals surface area (Å²) in [6, 6.07) is 0. The second-order valence-corrected chi connectivity index (χ2v) is 15.0. The minimum atomic E-state index is -2.09. The fraction of sp³-hybridized carbons (Fsp3) is 0.815. The van der Waals surface area contributed by atoms with Crippen molar-refractivity contribution in [1.82, 2.24) is 29.6 Å². The van der Waals surface area contributed by atoms with Crippen LogP contribution in [0.3, 0.4) is 0 Å². The normalized spacial score (nSPS) is 26.2. The Morgan fingerprint density at radius 1 is 0.878 bits per heavy atom. The molecule has 234 valence electrons.